The molecule has 1 nitrogen and oxygen atoms in total. The summed E-state index contributed by atoms with van der Waals surface area (Å²) in [4.78, 5) is 0. The Morgan fingerprint density at radius 1 is 0.654 bits per heavy atom. The Morgan fingerprint density at radius 3 is 1.46 bits per heavy atom. The lowest BCUT2D eigenvalue weighted by Gasteiger charge is -2.42. The zero-order chi connectivity index (χ0) is 18.9. The number of hydrogen-bond acceptors (Lipinski definition) is 1. The molecule has 3 rings (SSSR count). The highest BCUT2D eigenvalue weighted by atomic mass is 19.4. The summed E-state index contributed by atoms with van der Waals surface area (Å²) < 4.78 is 69.0. The molecule has 3 saturated carbocycles. The van der Waals surface area contributed by atoms with Crippen LogP contribution in [0.15, 0.2) is 0 Å². The molecule has 3 aliphatic rings. The second-order valence-electron chi connectivity index (χ2n) is 8.99. The van der Waals surface area contributed by atoms with E-state index in [0.29, 0.717) is 0 Å². The summed E-state index contributed by atoms with van der Waals surface area (Å²) in [6.07, 6.45) is -1.37. The molecule has 0 heterocycles. The van der Waals surface area contributed by atoms with Crippen LogP contribution in [0, 0.1) is 29.6 Å². The van der Waals surface area contributed by atoms with E-state index in [4.69, 9.17) is 0 Å². The fraction of sp³-hybridized carbons (Fsp3) is 1.00. The van der Waals surface area contributed by atoms with Crippen LogP contribution < -0.4 is 0 Å². The van der Waals surface area contributed by atoms with E-state index in [2.05, 4.69) is 11.7 Å². The SMILES string of the molecule is CC1CCC(C2CCC(C3CC(F)C(OC(F)(F)F)C(F)C3)CC2)CC1. The summed E-state index contributed by atoms with van der Waals surface area (Å²) in [5.74, 6) is 2.45. The summed E-state index contributed by atoms with van der Waals surface area (Å²) in [7, 11) is 0. The zero-order valence-electron chi connectivity index (χ0n) is 15.5. The van der Waals surface area contributed by atoms with E-state index in [1.165, 1.54) is 25.7 Å². The van der Waals surface area contributed by atoms with Crippen molar-refractivity contribution in [3.63, 3.8) is 0 Å². The van der Waals surface area contributed by atoms with Crippen LogP contribution in [0.1, 0.15) is 71.1 Å². The summed E-state index contributed by atoms with van der Waals surface area (Å²) in [6.45, 7) is 2.31. The summed E-state index contributed by atoms with van der Waals surface area (Å²) >= 11 is 0. The van der Waals surface area contributed by atoms with Gasteiger partial charge >= 0.3 is 6.36 Å². The number of halogens is 5. The van der Waals surface area contributed by atoms with E-state index in [0.717, 1.165) is 43.4 Å². The Hall–Kier alpha value is -0.390. The molecule has 0 N–H and O–H groups in total. The van der Waals surface area contributed by atoms with E-state index in [-0.39, 0.29) is 24.7 Å². The van der Waals surface area contributed by atoms with Crippen LogP contribution in [0.2, 0.25) is 0 Å². The van der Waals surface area contributed by atoms with Crippen molar-refractivity contribution >= 4 is 0 Å². The molecule has 26 heavy (non-hydrogen) atoms. The van der Waals surface area contributed by atoms with Gasteiger partial charge in [0.05, 0.1) is 0 Å². The topological polar surface area (TPSA) is 9.23 Å². The van der Waals surface area contributed by atoms with Gasteiger partial charge in [0.15, 0.2) is 0 Å². The Kier molecular flexibility index (Phi) is 6.51. The van der Waals surface area contributed by atoms with Gasteiger partial charge < -0.3 is 0 Å². The van der Waals surface area contributed by atoms with Gasteiger partial charge in [0.2, 0.25) is 0 Å². The molecule has 0 aliphatic heterocycles. The highest BCUT2D eigenvalue weighted by Gasteiger charge is 2.47. The molecular formula is C20H31F5O. The molecule has 6 heteroatoms. The average molecular weight is 382 g/mol. The first-order valence-corrected chi connectivity index (χ1v) is 10.3. The Balaban J connectivity index is 1.48. The number of rotatable bonds is 3. The van der Waals surface area contributed by atoms with Crippen LogP contribution in [0.5, 0.6) is 0 Å². The van der Waals surface area contributed by atoms with E-state index in [9.17, 15) is 22.0 Å². The van der Waals surface area contributed by atoms with Crippen molar-refractivity contribution in [2.75, 3.05) is 0 Å². The van der Waals surface area contributed by atoms with Crippen molar-refractivity contribution in [1.29, 1.82) is 0 Å². The summed E-state index contributed by atoms with van der Waals surface area (Å²) in [6, 6.07) is 0. The minimum absolute atomic E-state index is 0.00254. The minimum Gasteiger partial charge on any atom is -0.282 e. The first-order valence-electron chi connectivity index (χ1n) is 10.3. The van der Waals surface area contributed by atoms with Crippen molar-refractivity contribution in [2.45, 2.75) is 95.9 Å². The maximum atomic E-state index is 14.2. The Labute approximate surface area is 153 Å². The van der Waals surface area contributed by atoms with Gasteiger partial charge in [-0.15, -0.1) is 13.2 Å². The van der Waals surface area contributed by atoms with E-state index in [1.807, 2.05) is 0 Å². The lowest BCUT2D eigenvalue weighted by atomic mass is 9.65. The Bertz CT molecular complexity index is 426. The molecule has 0 saturated heterocycles. The van der Waals surface area contributed by atoms with Crippen LogP contribution in [0.25, 0.3) is 0 Å². The molecule has 3 aliphatic carbocycles. The van der Waals surface area contributed by atoms with Crippen molar-refractivity contribution in [2.24, 2.45) is 29.6 Å². The second kappa shape index (κ2) is 8.32. The largest absolute Gasteiger partial charge is 0.522 e. The van der Waals surface area contributed by atoms with Gasteiger partial charge in [-0.1, -0.05) is 19.8 Å². The van der Waals surface area contributed by atoms with Gasteiger partial charge in [0, 0.05) is 0 Å². The predicted molar refractivity (Wildman–Crippen MR) is 90.0 cm³/mol. The van der Waals surface area contributed by atoms with E-state index in [1.54, 1.807) is 0 Å². The lowest BCUT2D eigenvalue weighted by Crippen LogP contribution is -2.46. The first-order chi connectivity index (χ1) is 12.2. The monoisotopic (exact) mass is 382 g/mol. The molecule has 0 aromatic rings. The molecular weight excluding hydrogens is 351 g/mol. The van der Waals surface area contributed by atoms with Crippen LogP contribution in [0.4, 0.5) is 22.0 Å². The number of alkyl halides is 5. The normalized spacial score (nSPS) is 45.5. The maximum Gasteiger partial charge on any atom is 0.522 e. The van der Waals surface area contributed by atoms with Crippen molar-refractivity contribution in [3.8, 4) is 0 Å². The molecule has 0 aromatic heterocycles. The van der Waals surface area contributed by atoms with Crippen molar-refractivity contribution < 1.29 is 26.7 Å². The molecule has 0 bridgehead atoms. The molecule has 2 atom stereocenters. The van der Waals surface area contributed by atoms with Gasteiger partial charge in [-0.05, 0) is 81.0 Å². The van der Waals surface area contributed by atoms with Crippen molar-refractivity contribution in [1.82, 2.24) is 0 Å². The Morgan fingerprint density at radius 2 is 1.04 bits per heavy atom. The van der Waals surface area contributed by atoms with Gasteiger partial charge in [-0.2, -0.15) is 0 Å². The molecule has 0 aromatic carbocycles. The molecule has 3 fully saturated rings. The lowest BCUT2D eigenvalue weighted by molar-refractivity contribution is -0.358. The van der Waals surface area contributed by atoms with Crippen LogP contribution in [0.3, 0.4) is 0 Å². The fourth-order valence-corrected chi connectivity index (χ4v) is 5.70. The first kappa shape index (κ1) is 20.3. The predicted octanol–water partition coefficient (Wildman–Crippen LogP) is 6.61. The summed E-state index contributed by atoms with van der Waals surface area (Å²) in [5.41, 5.74) is 0. The van der Waals surface area contributed by atoms with Gasteiger partial charge in [-0.25, -0.2) is 8.78 Å². The standard InChI is InChI=1S/C20H31F5O/c1-12-2-4-13(5-3-12)14-6-8-15(9-7-14)16-10-17(21)19(18(22)11-16)26-20(23,24)25/h12-19H,2-11H2,1H3. The van der Waals surface area contributed by atoms with Gasteiger partial charge in [0.25, 0.3) is 0 Å². The third-order valence-electron chi connectivity index (χ3n) is 7.25. The van der Waals surface area contributed by atoms with Gasteiger partial charge in [0.1, 0.15) is 18.4 Å². The molecule has 0 spiro atoms. The minimum atomic E-state index is -4.98. The quantitative estimate of drug-likeness (QED) is 0.499. The third-order valence-corrected chi connectivity index (χ3v) is 7.25. The zero-order valence-corrected chi connectivity index (χ0v) is 15.5. The van der Waals surface area contributed by atoms with Crippen LogP contribution >= 0.6 is 0 Å². The highest BCUT2D eigenvalue weighted by Crippen LogP contribution is 2.46. The third kappa shape index (κ3) is 5.11. The molecule has 0 amide bonds. The van der Waals surface area contributed by atoms with Crippen molar-refractivity contribution in [3.05, 3.63) is 0 Å². The van der Waals surface area contributed by atoms with E-state index >= 15 is 0 Å². The second-order valence-corrected chi connectivity index (χ2v) is 8.99. The van der Waals surface area contributed by atoms with Gasteiger partial charge in [-0.3, -0.25) is 4.74 Å². The molecule has 152 valence electrons. The smallest absolute Gasteiger partial charge is 0.282 e. The fourth-order valence-electron chi connectivity index (χ4n) is 5.70. The van der Waals surface area contributed by atoms with Crippen LogP contribution in [-0.4, -0.2) is 24.8 Å². The van der Waals surface area contributed by atoms with E-state index < -0.39 is 24.8 Å². The maximum absolute atomic E-state index is 14.2. The summed E-state index contributed by atoms with van der Waals surface area (Å²) in [5, 5.41) is 0. The number of ether oxygens (including phenoxy) is 1. The average Bonchev–Trinajstić information content (AvgIpc) is 2.58. The number of hydrogen-bond donors (Lipinski definition) is 0. The molecule has 0 radical (unpaired) electrons. The molecule has 2 unspecified atom stereocenters. The van der Waals surface area contributed by atoms with Crippen LogP contribution in [-0.2, 0) is 4.74 Å². The highest BCUT2D eigenvalue weighted by molar-refractivity contribution is 4.92.